The number of pyridine rings is 1. The number of carbonyl (C=O) groups excluding carboxylic acids is 1. The molecule has 1 aromatic rings. The Hall–Kier alpha value is -1.33. The molecule has 5 nitrogen and oxygen atoms in total. The molecule has 120 valence electrons. The molecule has 0 spiro atoms. The average Bonchev–Trinajstić information content (AvgIpc) is 2.56. The Kier molecular flexibility index (Phi) is 5.16. The Bertz CT molecular complexity index is 512. The molecule has 2 aliphatic heterocycles. The molecule has 1 aromatic heterocycles. The van der Waals surface area contributed by atoms with Gasteiger partial charge in [-0.3, -0.25) is 4.79 Å². The van der Waals surface area contributed by atoms with Crippen LogP contribution in [0.3, 0.4) is 0 Å². The van der Waals surface area contributed by atoms with Crippen LogP contribution in [0.25, 0.3) is 0 Å². The number of hydrogen-bond acceptors (Lipinski definition) is 4. The third-order valence-electron chi connectivity index (χ3n) is 4.47. The highest BCUT2D eigenvalue weighted by Crippen LogP contribution is 2.27. The smallest absolute Gasteiger partial charge is 0.223 e. The molecule has 0 aliphatic carbocycles. The molecule has 0 atom stereocenters. The van der Waals surface area contributed by atoms with E-state index in [1.54, 1.807) is 6.20 Å². The Morgan fingerprint density at radius 1 is 1.27 bits per heavy atom. The second kappa shape index (κ2) is 7.29. The first kappa shape index (κ1) is 15.6. The van der Waals surface area contributed by atoms with E-state index in [-0.39, 0.29) is 17.9 Å². The Morgan fingerprint density at radius 2 is 2.00 bits per heavy atom. The van der Waals surface area contributed by atoms with Crippen molar-refractivity contribution < 1.29 is 9.53 Å². The Labute approximate surface area is 136 Å². The van der Waals surface area contributed by atoms with Crippen molar-refractivity contribution in [3.05, 3.63) is 23.4 Å². The lowest BCUT2D eigenvalue weighted by Gasteiger charge is -2.33. The minimum atomic E-state index is 0.0987. The number of nitrogens with zero attached hydrogens (tertiary/aromatic N) is 2. The number of aromatic nitrogens is 1. The molecule has 0 saturated carbocycles. The summed E-state index contributed by atoms with van der Waals surface area (Å²) in [6.07, 6.45) is 5.30. The van der Waals surface area contributed by atoms with Crippen molar-refractivity contribution in [2.75, 3.05) is 31.2 Å². The van der Waals surface area contributed by atoms with Crippen LogP contribution in [-0.4, -0.2) is 43.2 Å². The Balaban J connectivity index is 1.51. The van der Waals surface area contributed by atoms with Crippen molar-refractivity contribution in [3.63, 3.8) is 0 Å². The highest BCUT2D eigenvalue weighted by Gasteiger charge is 2.28. The minimum absolute atomic E-state index is 0.0987. The third-order valence-corrected chi connectivity index (χ3v) is 4.77. The Morgan fingerprint density at radius 3 is 2.68 bits per heavy atom. The fourth-order valence-electron chi connectivity index (χ4n) is 3.12. The number of nitrogens with one attached hydrogen (secondary N) is 1. The average molecular weight is 324 g/mol. The van der Waals surface area contributed by atoms with Crippen LogP contribution in [0.2, 0.25) is 5.02 Å². The monoisotopic (exact) mass is 323 g/mol. The van der Waals surface area contributed by atoms with Crippen molar-refractivity contribution in [1.29, 1.82) is 0 Å². The summed E-state index contributed by atoms with van der Waals surface area (Å²) in [4.78, 5) is 18.9. The maximum atomic E-state index is 12.4. The summed E-state index contributed by atoms with van der Waals surface area (Å²) in [6, 6.07) is 3.97. The molecule has 3 rings (SSSR count). The van der Waals surface area contributed by atoms with E-state index < -0.39 is 0 Å². The first-order valence-electron chi connectivity index (χ1n) is 7.97. The van der Waals surface area contributed by atoms with Crippen molar-refractivity contribution in [2.24, 2.45) is 5.92 Å². The van der Waals surface area contributed by atoms with Crippen molar-refractivity contribution >= 4 is 23.3 Å². The molecular weight excluding hydrogens is 302 g/mol. The highest BCUT2D eigenvalue weighted by molar-refractivity contribution is 6.32. The van der Waals surface area contributed by atoms with Gasteiger partial charge in [0.2, 0.25) is 5.91 Å². The number of amides is 1. The largest absolute Gasteiger partial charge is 0.381 e. The molecular formula is C16H22ClN3O2. The fourth-order valence-corrected chi connectivity index (χ4v) is 3.37. The van der Waals surface area contributed by atoms with Crippen LogP contribution in [0.15, 0.2) is 18.3 Å². The summed E-state index contributed by atoms with van der Waals surface area (Å²) in [6.45, 7) is 3.15. The topological polar surface area (TPSA) is 54.5 Å². The number of carbonyl (C=O) groups is 1. The molecule has 2 aliphatic rings. The summed E-state index contributed by atoms with van der Waals surface area (Å²) in [5.74, 6) is 1.12. The molecule has 0 bridgehead atoms. The van der Waals surface area contributed by atoms with Crippen LogP contribution in [0, 0.1) is 5.92 Å². The van der Waals surface area contributed by atoms with Gasteiger partial charge in [-0.25, -0.2) is 4.98 Å². The van der Waals surface area contributed by atoms with Gasteiger partial charge >= 0.3 is 0 Å². The zero-order valence-corrected chi connectivity index (χ0v) is 13.4. The summed E-state index contributed by atoms with van der Waals surface area (Å²) >= 11 is 6.19. The summed E-state index contributed by atoms with van der Waals surface area (Å²) in [7, 11) is 0. The SMILES string of the molecule is O=C(NC1CCOCC1)C1CCN(c2ncccc2Cl)CC1. The van der Waals surface area contributed by atoms with Crippen LogP contribution in [0.1, 0.15) is 25.7 Å². The van der Waals surface area contributed by atoms with Crippen molar-refractivity contribution in [3.8, 4) is 0 Å². The molecule has 1 amide bonds. The normalized spacial score (nSPS) is 20.9. The van der Waals surface area contributed by atoms with E-state index in [1.165, 1.54) is 0 Å². The van der Waals surface area contributed by atoms with E-state index in [0.717, 1.165) is 57.8 Å². The minimum Gasteiger partial charge on any atom is -0.381 e. The second-order valence-electron chi connectivity index (χ2n) is 5.97. The lowest BCUT2D eigenvalue weighted by molar-refractivity contribution is -0.126. The predicted molar refractivity (Wildman–Crippen MR) is 86.2 cm³/mol. The highest BCUT2D eigenvalue weighted by atomic mass is 35.5. The van der Waals surface area contributed by atoms with E-state index >= 15 is 0 Å². The van der Waals surface area contributed by atoms with Gasteiger partial charge in [-0.15, -0.1) is 0 Å². The summed E-state index contributed by atoms with van der Waals surface area (Å²) in [5, 5.41) is 3.85. The molecule has 0 unspecified atom stereocenters. The lowest BCUT2D eigenvalue weighted by Crippen LogP contribution is -2.45. The maximum Gasteiger partial charge on any atom is 0.223 e. The van der Waals surface area contributed by atoms with Gasteiger partial charge in [0, 0.05) is 44.5 Å². The fraction of sp³-hybridized carbons (Fsp3) is 0.625. The third kappa shape index (κ3) is 3.70. The molecule has 0 aromatic carbocycles. The first-order chi connectivity index (χ1) is 10.7. The number of halogens is 1. The standard InChI is InChI=1S/C16H22ClN3O2/c17-14-2-1-7-18-15(14)20-8-3-12(4-9-20)16(21)19-13-5-10-22-11-6-13/h1-2,7,12-13H,3-6,8-11H2,(H,19,21). The summed E-state index contributed by atoms with van der Waals surface area (Å²) in [5.41, 5.74) is 0. The number of anilines is 1. The van der Waals surface area contributed by atoms with E-state index in [1.807, 2.05) is 12.1 Å². The van der Waals surface area contributed by atoms with E-state index in [2.05, 4.69) is 15.2 Å². The molecule has 2 saturated heterocycles. The quantitative estimate of drug-likeness (QED) is 0.927. The number of hydrogen-bond donors (Lipinski definition) is 1. The van der Waals surface area contributed by atoms with E-state index in [4.69, 9.17) is 16.3 Å². The second-order valence-corrected chi connectivity index (χ2v) is 6.37. The van der Waals surface area contributed by atoms with Gasteiger partial charge in [-0.05, 0) is 37.8 Å². The van der Waals surface area contributed by atoms with Gasteiger partial charge in [-0.2, -0.15) is 0 Å². The van der Waals surface area contributed by atoms with Crippen LogP contribution in [-0.2, 0) is 9.53 Å². The maximum absolute atomic E-state index is 12.4. The summed E-state index contributed by atoms with van der Waals surface area (Å²) < 4.78 is 5.32. The van der Waals surface area contributed by atoms with Gasteiger partial charge in [0.05, 0.1) is 5.02 Å². The van der Waals surface area contributed by atoms with E-state index in [9.17, 15) is 4.79 Å². The van der Waals surface area contributed by atoms with Crippen molar-refractivity contribution in [1.82, 2.24) is 10.3 Å². The number of rotatable bonds is 3. The molecule has 3 heterocycles. The van der Waals surface area contributed by atoms with Crippen LogP contribution >= 0.6 is 11.6 Å². The predicted octanol–water partition coefficient (Wildman–Crippen LogP) is 2.25. The molecule has 0 radical (unpaired) electrons. The van der Waals surface area contributed by atoms with E-state index in [0.29, 0.717) is 5.02 Å². The zero-order chi connectivity index (χ0) is 15.4. The van der Waals surface area contributed by atoms with Gasteiger partial charge < -0.3 is 15.0 Å². The van der Waals surface area contributed by atoms with Gasteiger partial charge in [-0.1, -0.05) is 11.6 Å². The van der Waals surface area contributed by atoms with Gasteiger partial charge in [0.15, 0.2) is 0 Å². The van der Waals surface area contributed by atoms with Crippen molar-refractivity contribution in [2.45, 2.75) is 31.7 Å². The lowest BCUT2D eigenvalue weighted by atomic mass is 9.95. The van der Waals surface area contributed by atoms with Crippen LogP contribution in [0.5, 0.6) is 0 Å². The first-order valence-corrected chi connectivity index (χ1v) is 8.35. The van der Waals surface area contributed by atoms with Crippen LogP contribution < -0.4 is 10.2 Å². The van der Waals surface area contributed by atoms with Crippen LogP contribution in [0.4, 0.5) is 5.82 Å². The van der Waals surface area contributed by atoms with Gasteiger partial charge in [0.25, 0.3) is 0 Å². The van der Waals surface area contributed by atoms with Gasteiger partial charge in [0.1, 0.15) is 5.82 Å². The number of ether oxygens (including phenoxy) is 1. The molecule has 1 N–H and O–H groups in total. The molecule has 6 heteroatoms. The zero-order valence-electron chi connectivity index (χ0n) is 12.6. The molecule has 2 fully saturated rings. The number of piperidine rings is 1. The molecule has 22 heavy (non-hydrogen) atoms.